The highest BCUT2D eigenvalue weighted by Crippen LogP contribution is 2.26. The summed E-state index contributed by atoms with van der Waals surface area (Å²) in [5.41, 5.74) is 1.11. The van der Waals surface area contributed by atoms with Gasteiger partial charge in [0, 0.05) is 38.4 Å². The minimum absolute atomic E-state index is 0.00178. The number of anilines is 2. The fourth-order valence-corrected chi connectivity index (χ4v) is 3.88. The van der Waals surface area contributed by atoms with Crippen molar-refractivity contribution in [1.82, 2.24) is 14.8 Å². The first-order valence-corrected chi connectivity index (χ1v) is 9.35. The summed E-state index contributed by atoms with van der Waals surface area (Å²) in [6.45, 7) is 5.26. The van der Waals surface area contributed by atoms with Gasteiger partial charge in [-0.05, 0) is 25.3 Å². The molecule has 8 nitrogen and oxygen atoms in total. The van der Waals surface area contributed by atoms with Crippen LogP contribution in [0.4, 0.5) is 11.5 Å². The summed E-state index contributed by atoms with van der Waals surface area (Å²) in [5.74, 6) is 0.495. The second-order valence-electron chi connectivity index (χ2n) is 7.08. The zero-order chi connectivity index (χ0) is 17.9. The van der Waals surface area contributed by atoms with Crippen molar-refractivity contribution in [3.63, 3.8) is 0 Å². The summed E-state index contributed by atoms with van der Waals surface area (Å²) in [7, 11) is 0. The second kappa shape index (κ2) is 7.59. The number of rotatable bonds is 3. The van der Waals surface area contributed by atoms with Gasteiger partial charge < -0.3 is 20.3 Å². The maximum absolute atomic E-state index is 13.1. The van der Waals surface area contributed by atoms with Crippen LogP contribution in [0.3, 0.4) is 0 Å². The molecule has 0 saturated carbocycles. The van der Waals surface area contributed by atoms with Crippen LogP contribution in [0.25, 0.3) is 0 Å². The van der Waals surface area contributed by atoms with Crippen molar-refractivity contribution in [2.24, 2.45) is 0 Å². The molecule has 0 spiro atoms. The summed E-state index contributed by atoms with van der Waals surface area (Å²) < 4.78 is 5.42. The summed E-state index contributed by atoms with van der Waals surface area (Å²) in [6, 6.07) is 1.95. The van der Waals surface area contributed by atoms with E-state index in [-0.39, 0.29) is 24.4 Å². The van der Waals surface area contributed by atoms with E-state index in [1.54, 1.807) is 12.3 Å². The second-order valence-corrected chi connectivity index (χ2v) is 7.08. The van der Waals surface area contributed by atoms with E-state index in [1.807, 2.05) is 4.90 Å². The molecule has 2 fully saturated rings. The Morgan fingerprint density at radius 3 is 2.96 bits per heavy atom. The van der Waals surface area contributed by atoms with Gasteiger partial charge in [0.15, 0.2) is 0 Å². The molecule has 3 aliphatic heterocycles. The number of piperidine rings is 1. The number of likely N-dealkylation sites (tertiary alicyclic amines) is 1. The fourth-order valence-electron chi connectivity index (χ4n) is 3.88. The van der Waals surface area contributed by atoms with Crippen LogP contribution in [0, 0.1) is 0 Å². The van der Waals surface area contributed by atoms with E-state index in [0.29, 0.717) is 17.1 Å². The molecule has 2 saturated heterocycles. The minimum atomic E-state index is -0.118. The Balaban J connectivity index is 1.49. The van der Waals surface area contributed by atoms with Gasteiger partial charge in [0.25, 0.3) is 5.91 Å². The van der Waals surface area contributed by atoms with Crippen molar-refractivity contribution in [2.45, 2.75) is 25.3 Å². The van der Waals surface area contributed by atoms with Crippen LogP contribution in [-0.2, 0) is 9.53 Å². The number of morpholine rings is 1. The number of pyridine rings is 1. The Labute approximate surface area is 152 Å². The zero-order valence-electron chi connectivity index (χ0n) is 14.9. The number of carbonyl (C=O) groups excluding carboxylic acids is 2. The standard InChI is InChI=1S/C18H25N5O3/c24-16-11-20-17-15(21-16)9-13(10-19-17)18(25)23-4-2-1-3-14(23)12-22-5-7-26-8-6-22/h9-10,14H,1-8,11-12H2,(H,19,20)(H,21,24). The molecule has 1 unspecified atom stereocenters. The Morgan fingerprint density at radius 2 is 2.12 bits per heavy atom. The third kappa shape index (κ3) is 3.66. The van der Waals surface area contributed by atoms with Crippen molar-refractivity contribution >= 4 is 23.3 Å². The van der Waals surface area contributed by atoms with Crippen molar-refractivity contribution < 1.29 is 14.3 Å². The van der Waals surface area contributed by atoms with Gasteiger partial charge in [0.2, 0.25) is 5.91 Å². The fraction of sp³-hybridized carbons (Fsp3) is 0.611. The number of aromatic nitrogens is 1. The first-order chi connectivity index (χ1) is 12.7. The van der Waals surface area contributed by atoms with Gasteiger partial charge in [0.1, 0.15) is 5.82 Å². The molecule has 0 bridgehead atoms. The van der Waals surface area contributed by atoms with E-state index in [1.165, 1.54) is 0 Å². The van der Waals surface area contributed by atoms with E-state index >= 15 is 0 Å². The molecule has 4 rings (SSSR count). The third-order valence-corrected chi connectivity index (χ3v) is 5.29. The van der Waals surface area contributed by atoms with Crippen LogP contribution < -0.4 is 10.6 Å². The van der Waals surface area contributed by atoms with Crippen LogP contribution >= 0.6 is 0 Å². The molecule has 1 aromatic heterocycles. The van der Waals surface area contributed by atoms with Crippen LogP contribution in [-0.4, -0.2) is 78.6 Å². The molecule has 1 aromatic rings. The Morgan fingerprint density at radius 1 is 1.27 bits per heavy atom. The van der Waals surface area contributed by atoms with Gasteiger partial charge in [-0.2, -0.15) is 0 Å². The number of nitrogens with one attached hydrogen (secondary N) is 2. The van der Waals surface area contributed by atoms with Crippen molar-refractivity contribution in [3.05, 3.63) is 17.8 Å². The predicted octanol–water partition coefficient (Wildman–Crippen LogP) is 0.772. The smallest absolute Gasteiger partial charge is 0.255 e. The number of hydrogen-bond acceptors (Lipinski definition) is 6. The van der Waals surface area contributed by atoms with Gasteiger partial charge in [-0.3, -0.25) is 14.5 Å². The highest BCUT2D eigenvalue weighted by Gasteiger charge is 2.30. The topological polar surface area (TPSA) is 86.8 Å². The number of hydrogen-bond donors (Lipinski definition) is 2. The summed E-state index contributed by atoms with van der Waals surface area (Å²) >= 11 is 0. The van der Waals surface area contributed by atoms with Crippen LogP contribution in [0.15, 0.2) is 12.3 Å². The first-order valence-electron chi connectivity index (χ1n) is 9.35. The third-order valence-electron chi connectivity index (χ3n) is 5.29. The largest absolute Gasteiger partial charge is 0.379 e. The highest BCUT2D eigenvalue weighted by atomic mass is 16.5. The highest BCUT2D eigenvalue weighted by molar-refractivity contribution is 6.02. The lowest BCUT2D eigenvalue weighted by molar-refractivity contribution is -0.114. The van der Waals surface area contributed by atoms with E-state index in [4.69, 9.17) is 4.74 Å². The molecule has 26 heavy (non-hydrogen) atoms. The van der Waals surface area contributed by atoms with E-state index in [9.17, 15) is 9.59 Å². The molecule has 4 heterocycles. The summed E-state index contributed by atoms with van der Waals surface area (Å²) in [5, 5.41) is 5.73. The van der Waals surface area contributed by atoms with Crippen LogP contribution in [0.1, 0.15) is 29.6 Å². The molecule has 3 aliphatic rings. The molecule has 0 aliphatic carbocycles. The van der Waals surface area contributed by atoms with Crippen molar-refractivity contribution in [1.29, 1.82) is 0 Å². The molecule has 0 aromatic carbocycles. The lowest BCUT2D eigenvalue weighted by Crippen LogP contribution is -2.51. The Hall–Kier alpha value is -2.19. The van der Waals surface area contributed by atoms with Gasteiger partial charge in [-0.1, -0.05) is 0 Å². The molecule has 1 atom stereocenters. The molecule has 0 radical (unpaired) electrons. The monoisotopic (exact) mass is 359 g/mol. The van der Waals surface area contributed by atoms with E-state index < -0.39 is 0 Å². The van der Waals surface area contributed by atoms with Crippen LogP contribution in [0.2, 0.25) is 0 Å². The lowest BCUT2D eigenvalue weighted by Gasteiger charge is -2.39. The average Bonchev–Trinajstić information content (AvgIpc) is 2.68. The maximum atomic E-state index is 13.1. The zero-order valence-corrected chi connectivity index (χ0v) is 14.9. The van der Waals surface area contributed by atoms with Gasteiger partial charge in [0.05, 0.1) is 31.0 Å². The minimum Gasteiger partial charge on any atom is -0.379 e. The van der Waals surface area contributed by atoms with Gasteiger partial charge in [-0.15, -0.1) is 0 Å². The van der Waals surface area contributed by atoms with Crippen molar-refractivity contribution in [2.75, 3.05) is 56.6 Å². The number of nitrogens with zero attached hydrogens (tertiary/aromatic N) is 3. The Bertz CT molecular complexity index is 689. The molecular weight excluding hydrogens is 334 g/mol. The van der Waals surface area contributed by atoms with Gasteiger partial charge in [-0.25, -0.2) is 4.98 Å². The summed E-state index contributed by atoms with van der Waals surface area (Å²) in [6.07, 6.45) is 4.81. The molecular formula is C18H25N5O3. The maximum Gasteiger partial charge on any atom is 0.255 e. The molecule has 2 N–H and O–H groups in total. The van der Waals surface area contributed by atoms with Crippen molar-refractivity contribution in [3.8, 4) is 0 Å². The van der Waals surface area contributed by atoms with E-state index in [0.717, 1.165) is 58.7 Å². The first kappa shape index (κ1) is 17.2. The normalized spacial score (nSPS) is 23.8. The van der Waals surface area contributed by atoms with E-state index in [2.05, 4.69) is 20.5 Å². The average molecular weight is 359 g/mol. The Kier molecular flexibility index (Phi) is 5.03. The molecule has 2 amide bonds. The number of amides is 2. The number of ether oxygens (including phenoxy) is 1. The number of carbonyl (C=O) groups is 2. The number of fused-ring (bicyclic) bond motifs is 1. The summed E-state index contributed by atoms with van der Waals surface area (Å²) in [4.78, 5) is 33.4. The SMILES string of the molecule is O=C1CNc2ncc(C(=O)N3CCCCC3CN3CCOCC3)cc2N1. The predicted molar refractivity (Wildman–Crippen MR) is 97.3 cm³/mol. The van der Waals surface area contributed by atoms with Gasteiger partial charge >= 0.3 is 0 Å². The lowest BCUT2D eigenvalue weighted by atomic mass is 10.00. The van der Waals surface area contributed by atoms with Crippen LogP contribution in [0.5, 0.6) is 0 Å². The molecule has 8 heteroatoms. The quantitative estimate of drug-likeness (QED) is 0.829. The molecule has 140 valence electrons.